The van der Waals surface area contributed by atoms with Crippen molar-refractivity contribution in [1.82, 2.24) is 4.72 Å². The predicted molar refractivity (Wildman–Crippen MR) is 120 cm³/mol. The Morgan fingerprint density at radius 2 is 1.68 bits per heavy atom. The molecule has 5 nitrogen and oxygen atoms in total. The fourth-order valence-electron chi connectivity index (χ4n) is 4.41. The third-order valence-corrected chi connectivity index (χ3v) is 10.1. The zero-order chi connectivity index (χ0) is 25.5. The van der Waals surface area contributed by atoms with Gasteiger partial charge in [0, 0.05) is 16.9 Å². The van der Waals surface area contributed by atoms with Crippen LogP contribution in [0.3, 0.4) is 0 Å². The molecule has 2 aromatic carbocycles. The van der Waals surface area contributed by atoms with Crippen molar-refractivity contribution in [3.05, 3.63) is 65.2 Å². The largest absolute Gasteiger partial charge is 0.416 e. The summed E-state index contributed by atoms with van der Waals surface area (Å²) in [5.41, 5.74) is -1.51. The second kappa shape index (κ2) is 9.47. The highest BCUT2D eigenvalue weighted by Crippen LogP contribution is 2.50. The quantitative estimate of drug-likeness (QED) is 0.389. The van der Waals surface area contributed by atoms with Gasteiger partial charge in [-0.3, -0.25) is 0 Å². The summed E-state index contributed by atoms with van der Waals surface area (Å²) in [4.78, 5) is -0.480. The molecule has 1 aliphatic carbocycles. The van der Waals surface area contributed by atoms with Gasteiger partial charge in [-0.15, -0.1) is 0 Å². The van der Waals surface area contributed by atoms with E-state index in [0.717, 1.165) is 36.6 Å². The first kappa shape index (κ1) is 27.0. The zero-order valence-electron chi connectivity index (χ0n) is 17.7. The number of rotatable bonds is 6. The van der Waals surface area contributed by atoms with E-state index in [2.05, 4.69) is 20.7 Å². The van der Waals surface area contributed by atoms with Crippen molar-refractivity contribution in [3.8, 4) is 0 Å². The molecule has 3 atom stereocenters. The minimum Gasteiger partial charge on any atom is -0.223 e. The van der Waals surface area contributed by atoms with E-state index in [1.807, 2.05) is 0 Å². The Kier molecular flexibility index (Phi) is 7.53. The maximum Gasteiger partial charge on any atom is 0.416 e. The molecule has 13 heteroatoms. The van der Waals surface area contributed by atoms with Crippen LogP contribution in [-0.2, 0) is 30.8 Å². The highest BCUT2D eigenvalue weighted by atomic mass is 79.9. The first-order chi connectivity index (χ1) is 15.6. The molecule has 0 heterocycles. The van der Waals surface area contributed by atoms with E-state index in [1.54, 1.807) is 0 Å². The normalized spacial score (nSPS) is 24.2. The lowest BCUT2D eigenvalue weighted by atomic mass is 9.75. The van der Waals surface area contributed by atoms with E-state index in [9.17, 15) is 38.8 Å². The molecule has 1 aliphatic rings. The van der Waals surface area contributed by atoms with Gasteiger partial charge in [-0.25, -0.2) is 30.3 Å². The van der Waals surface area contributed by atoms with Crippen LogP contribution < -0.4 is 4.72 Å². The fraction of sp³-hybridized carbons (Fsp3) is 0.429. The summed E-state index contributed by atoms with van der Waals surface area (Å²) in [6.45, 7) is 0. The van der Waals surface area contributed by atoms with Crippen molar-refractivity contribution in [2.24, 2.45) is 5.92 Å². The van der Waals surface area contributed by atoms with Crippen LogP contribution in [-0.4, -0.2) is 34.5 Å². The first-order valence-corrected chi connectivity index (χ1v) is 14.5. The molecule has 0 unspecified atom stereocenters. The highest BCUT2D eigenvalue weighted by Gasteiger charge is 2.53. The van der Waals surface area contributed by atoms with Gasteiger partial charge in [0.05, 0.1) is 16.7 Å². The van der Waals surface area contributed by atoms with Gasteiger partial charge in [-0.05, 0) is 67.6 Å². The summed E-state index contributed by atoms with van der Waals surface area (Å²) >= 11 is 3.25. The van der Waals surface area contributed by atoms with Crippen molar-refractivity contribution in [2.75, 3.05) is 11.6 Å². The average Bonchev–Trinajstić information content (AvgIpc) is 2.74. The summed E-state index contributed by atoms with van der Waals surface area (Å²) in [6.07, 6.45) is -4.35. The molecular weight excluding hydrogens is 569 g/mol. The summed E-state index contributed by atoms with van der Waals surface area (Å²) in [5, 5.41) is 0.140. The molecule has 0 spiro atoms. The van der Waals surface area contributed by atoms with Crippen LogP contribution in [0.25, 0.3) is 0 Å². The molecule has 0 aliphatic heterocycles. The number of hydrogen-bond acceptors (Lipinski definition) is 4. The van der Waals surface area contributed by atoms with Gasteiger partial charge in [0.1, 0.15) is 16.4 Å². The molecule has 3 rings (SSSR count). The summed E-state index contributed by atoms with van der Waals surface area (Å²) < 4.78 is 120. The minimum atomic E-state index is -4.69. The standard InChI is InChI=1S/C21H21BrF5NO4S2/c1-33(29,30)28-19-8-9-20(11-13(19)12-22,17-10-15(23)4-7-18(17)24)34(31,32)16-5-2-14(3-6-16)21(25,26)27/h2-7,10,13,19,28H,8-9,11-12H2,1H3/t13-,19-,20+/m1/s1. The van der Waals surface area contributed by atoms with Crippen LogP contribution in [0.4, 0.5) is 22.0 Å². The van der Waals surface area contributed by atoms with Crippen LogP contribution in [0, 0.1) is 17.6 Å². The number of benzene rings is 2. The molecule has 188 valence electrons. The number of nitrogens with one attached hydrogen (secondary N) is 1. The van der Waals surface area contributed by atoms with Crippen LogP contribution in [0.5, 0.6) is 0 Å². The molecule has 1 N–H and O–H groups in total. The van der Waals surface area contributed by atoms with Crippen molar-refractivity contribution < 1.29 is 38.8 Å². The lowest BCUT2D eigenvalue weighted by Gasteiger charge is -2.44. The van der Waals surface area contributed by atoms with Crippen LogP contribution in [0.15, 0.2) is 47.4 Å². The topological polar surface area (TPSA) is 80.3 Å². The average molecular weight is 590 g/mol. The molecule has 1 fully saturated rings. The molecular formula is C21H21BrF5NO4S2. The fourth-order valence-corrected chi connectivity index (χ4v) is 8.17. The summed E-state index contributed by atoms with van der Waals surface area (Å²) in [6, 6.07) is 4.52. The van der Waals surface area contributed by atoms with Gasteiger partial charge in [0.25, 0.3) is 0 Å². The molecule has 0 saturated heterocycles. The van der Waals surface area contributed by atoms with Crippen LogP contribution in [0.1, 0.15) is 30.4 Å². The summed E-state index contributed by atoms with van der Waals surface area (Å²) in [5.74, 6) is -2.51. The molecule has 0 radical (unpaired) electrons. The zero-order valence-corrected chi connectivity index (χ0v) is 21.0. The lowest BCUT2D eigenvalue weighted by Crippen LogP contribution is -2.51. The smallest absolute Gasteiger partial charge is 0.223 e. The minimum absolute atomic E-state index is 0.0286. The van der Waals surface area contributed by atoms with Crippen molar-refractivity contribution >= 4 is 35.8 Å². The van der Waals surface area contributed by atoms with E-state index in [4.69, 9.17) is 0 Å². The van der Waals surface area contributed by atoms with Gasteiger partial charge < -0.3 is 0 Å². The predicted octanol–water partition coefficient (Wildman–Crippen LogP) is 4.77. The van der Waals surface area contributed by atoms with Gasteiger partial charge in [0.2, 0.25) is 10.0 Å². The van der Waals surface area contributed by atoms with Crippen LogP contribution in [0.2, 0.25) is 0 Å². The second-order valence-electron chi connectivity index (χ2n) is 8.30. The van der Waals surface area contributed by atoms with E-state index in [1.165, 1.54) is 0 Å². The number of sulfone groups is 1. The SMILES string of the molecule is CS(=O)(=O)N[C@@H]1CC[C@](c2cc(F)ccc2F)(S(=O)(=O)c2ccc(C(F)(F)F)cc2)C[C@@H]1CBr. The van der Waals surface area contributed by atoms with Crippen molar-refractivity contribution in [1.29, 1.82) is 0 Å². The van der Waals surface area contributed by atoms with Gasteiger partial charge >= 0.3 is 6.18 Å². The molecule has 1 saturated carbocycles. The van der Waals surface area contributed by atoms with E-state index >= 15 is 0 Å². The number of alkyl halides is 4. The maximum atomic E-state index is 15.0. The molecule has 0 amide bonds. The molecule has 0 aromatic heterocycles. The number of hydrogen-bond donors (Lipinski definition) is 1. The third kappa shape index (κ3) is 5.31. The van der Waals surface area contributed by atoms with Crippen LogP contribution >= 0.6 is 15.9 Å². The monoisotopic (exact) mass is 589 g/mol. The van der Waals surface area contributed by atoms with E-state index < -0.39 is 70.4 Å². The Hall–Kier alpha value is -1.57. The lowest BCUT2D eigenvalue weighted by molar-refractivity contribution is -0.137. The Morgan fingerprint density at radius 1 is 1.06 bits per heavy atom. The number of sulfonamides is 1. The van der Waals surface area contributed by atoms with Crippen molar-refractivity contribution in [2.45, 2.75) is 41.1 Å². The third-order valence-electron chi connectivity index (χ3n) is 6.01. The second-order valence-corrected chi connectivity index (χ2v) is 13.0. The molecule has 2 aromatic rings. The Bertz CT molecular complexity index is 1270. The van der Waals surface area contributed by atoms with Gasteiger partial charge in [-0.1, -0.05) is 15.9 Å². The van der Waals surface area contributed by atoms with E-state index in [-0.39, 0.29) is 24.6 Å². The van der Waals surface area contributed by atoms with E-state index in [0.29, 0.717) is 12.1 Å². The van der Waals surface area contributed by atoms with Gasteiger partial charge in [0.15, 0.2) is 9.84 Å². The Labute approximate surface area is 202 Å². The Morgan fingerprint density at radius 3 is 2.21 bits per heavy atom. The van der Waals surface area contributed by atoms with Crippen molar-refractivity contribution in [3.63, 3.8) is 0 Å². The maximum absolute atomic E-state index is 15.0. The first-order valence-electron chi connectivity index (χ1n) is 10.0. The van der Waals surface area contributed by atoms with Gasteiger partial charge in [-0.2, -0.15) is 13.2 Å². The molecule has 0 bridgehead atoms. The highest BCUT2D eigenvalue weighted by molar-refractivity contribution is 9.09. The Balaban J connectivity index is 2.18. The molecule has 34 heavy (non-hydrogen) atoms. The summed E-state index contributed by atoms with van der Waals surface area (Å²) in [7, 11) is -8.21. The number of halogens is 6.